The standard InChI is InChI=1S/C20H21ClN2O2/c1-2-3-14-22-20(25)16-9-5-7-11-18(16)23-19(24)13-12-15-8-4-6-10-17(15)21/h4-13H,2-3,14H2,1H3,(H,22,25)(H,23,24)/b13-12+. The van der Waals surface area contributed by atoms with Crippen LogP contribution in [0.1, 0.15) is 35.7 Å². The third kappa shape index (κ3) is 5.76. The number of para-hydroxylation sites is 1. The van der Waals surface area contributed by atoms with E-state index in [2.05, 4.69) is 17.6 Å². The topological polar surface area (TPSA) is 58.2 Å². The lowest BCUT2D eigenvalue weighted by atomic mass is 10.1. The second-order valence-electron chi connectivity index (χ2n) is 5.50. The van der Waals surface area contributed by atoms with E-state index in [1.54, 1.807) is 36.4 Å². The second kappa shape index (κ2) is 9.64. The van der Waals surface area contributed by atoms with Gasteiger partial charge in [0.2, 0.25) is 5.91 Å². The Morgan fingerprint density at radius 1 is 1.08 bits per heavy atom. The number of rotatable bonds is 7. The predicted octanol–water partition coefficient (Wildman–Crippen LogP) is 4.52. The highest BCUT2D eigenvalue weighted by Gasteiger charge is 2.11. The lowest BCUT2D eigenvalue weighted by molar-refractivity contribution is -0.111. The summed E-state index contributed by atoms with van der Waals surface area (Å²) in [5, 5.41) is 6.17. The molecule has 2 rings (SSSR count). The van der Waals surface area contributed by atoms with Crippen molar-refractivity contribution in [2.45, 2.75) is 19.8 Å². The molecule has 130 valence electrons. The number of halogens is 1. The quantitative estimate of drug-likeness (QED) is 0.566. The van der Waals surface area contributed by atoms with E-state index in [9.17, 15) is 9.59 Å². The van der Waals surface area contributed by atoms with Crippen molar-refractivity contribution in [1.82, 2.24) is 5.32 Å². The number of hydrogen-bond donors (Lipinski definition) is 2. The molecule has 2 aromatic carbocycles. The van der Waals surface area contributed by atoms with Gasteiger partial charge in [0.25, 0.3) is 5.91 Å². The molecular formula is C20H21ClN2O2. The van der Waals surface area contributed by atoms with Gasteiger partial charge in [-0.3, -0.25) is 9.59 Å². The number of carbonyl (C=O) groups is 2. The zero-order valence-electron chi connectivity index (χ0n) is 14.1. The van der Waals surface area contributed by atoms with Gasteiger partial charge in [0.15, 0.2) is 0 Å². The first-order chi connectivity index (χ1) is 12.1. The zero-order valence-corrected chi connectivity index (χ0v) is 14.8. The molecule has 0 aliphatic rings. The van der Waals surface area contributed by atoms with E-state index in [1.165, 1.54) is 6.08 Å². The molecule has 2 aromatic rings. The highest BCUT2D eigenvalue weighted by molar-refractivity contribution is 6.32. The zero-order chi connectivity index (χ0) is 18.1. The Bertz CT molecular complexity index is 772. The SMILES string of the molecule is CCCCNC(=O)c1ccccc1NC(=O)/C=C/c1ccccc1Cl. The van der Waals surface area contributed by atoms with Crippen molar-refractivity contribution in [2.75, 3.05) is 11.9 Å². The summed E-state index contributed by atoms with van der Waals surface area (Å²) in [6.45, 7) is 2.68. The molecule has 0 atom stereocenters. The molecule has 0 fully saturated rings. The van der Waals surface area contributed by atoms with Crippen LogP contribution in [-0.4, -0.2) is 18.4 Å². The summed E-state index contributed by atoms with van der Waals surface area (Å²) in [6.07, 6.45) is 4.96. The van der Waals surface area contributed by atoms with Gasteiger partial charge in [-0.15, -0.1) is 0 Å². The Kier molecular flexibility index (Phi) is 7.23. The Labute approximate surface area is 152 Å². The van der Waals surface area contributed by atoms with E-state index in [4.69, 9.17) is 11.6 Å². The van der Waals surface area contributed by atoms with E-state index < -0.39 is 0 Å². The number of hydrogen-bond acceptors (Lipinski definition) is 2. The van der Waals surface area contributed by atoms with Gasteiger partial charge in [-0.25, -0.2) is 0 Å². The van der Waals surface area contributed by atoms with Crippen molar-refractivity contribution in [3.05, 3.63) is 70.8 Å². The van der Waals surface area contributed by atoms with Crippen LogP contribution < -0.4 is 10.6 Å². The first-order valence-corrected chi connectivity index (χ1v) is 8.60. The van der Waals surface area contributed by atoms with Gasteiger partial charge < -0.3 is 10.6 Å². The maximum atomic E-state index is 12.2. The van der Waals surface area contributed by atoms with Crippen molar-refractivity contribution in [2.24, 2.45) is 0 Å². The lowest BCUT2D eigenvalue weighted by Gasteiger charge is -2.10. The van der Waals surface area contributed by atoms with Crippen molar-refractivity contribution in [1.29, 1.82) is 0 Å². The maximum Gasteiger partial charge on any atom is 0.253 e. The number of benzene rings is 2. The molecule has 25 heavy (non-hydrogen) atoms. The molecule has 5 heteroatoms. The van der Waals surface area contributed by atoms with Gasteiger partial charge in [-0.05, 0) is 36.3 Å². The van der Waals surface area contributed by atoms with Crippen LogP contribution in [0.2, 0.25) is 5.02 Å². The molecule has 0 radical (unpaired) electrons. The highest BCUT2D eigenvalue weighted by Crippen LogP contribution is 2.17. The Morgan fingerprint density at radius 2 is 1.80 bits per heavy atom. The van der Waals surface area contributed by atoms with E-state index in [1.807, 2.05) is 18.2 Å². The summed E-state index contributed by atoms with van der Waals surface area (Å²) in [6, 6.07) is 14.2. The van der Waals surface area contributed by atoms with E-state index in [-0.39, 0.29) is 11.8 Å². The summed E-state index contributed by atoms with van der Waals surface area (Å²) in [5.74, 6) is -0.520. The van der Waals surface area contributed by atoms with E-state index >= 15 is 0 Å². The van der Waals surface area contributed by atoms with Crippen LogP contribution in [0.5, 0.6) is 0 Å². The van der Waals surface area contributed by atoms with Gasteiger partial charge in [0, 0.05) is 17.6 Å². The van der Waals surface area contributed by atoms with Crippen LogP contribution in [0.3, 0.4) is 0 Å². The van der Waals surface area contributed by atoms with Crippen molar-refractivity contribution < 1.29 is 9.59 Å². The van der Waals surface area contributed by atoms with Crippen LogP contribution >= 0.6 is 11.6 Å². The molecule has 4 nitrogen and oxygen atoms in total. The van der Waals surface area contributed by atoms with Gasteiger partial charge >= 0.3 is 0 Å². The molecule has 0 aliphatic carbocycles. The largest absolute Gasteiger partial charge is 0.352 e. The minimum atomic E-state index is -0.325. The molecule has 2 amide bonds. The fourth-order valence-corrected chi connectivity index (χ4v) is 2.41. The minimum Gasteiger partial charge on any atom is -0.352 e. The molecule has 0 aliphatic heterocycles. The van der Waals surface area contributed by atoms with Crippen LogP contribution in [0.25, 0.3) is 6.08 Å². The highest BCUT2D eigenvalue weighted by atomic mass is 35.5. The molecule has 0 heterocycles. The van der Waals surface area contributed by atoms with Crippen molar-refractivity contribution in [3.63, 3.8) is 0 Å². The predicted molar refractivity (Wildman–Crippen MR) is 103 cm³/mol. The number of carbonyl (C=O) groups excluding carboxylic acids is 2. The van der Waals surface area contributed by atoms with Crippen molar-refractivity contribution >= 4 is 35.2 Å². The maximum absolute atomic E-state index is 12.2. The molecule has 0 unspecified atom stereocenters. The summed E-state index contributed by atoms with van der Waals surface area (Å²) in [4.78, 5) is 24.4. The fourth-order valence-electron chi connectivity index (χ4n) is 2.21. The number of unbranched alkanes of at least 4 members (excludes halogenated alkanes) is 1. The number of amides is 2. The second-order valence-corrected chi connectivity index (χ2v) is 5.91. The molecule has 0 saturated heterocycles. The Morgan fingerprint density at radius 3 is 2.56 bits per heavy atom. The average Bonchev–Trinajstić information content (AvgIpc) is 2.61. The third-order valence-corrected chi connectivity index (χ3v) is 3.91. The van der Waals surface area contributed by atoms with Crippen LogP contribution in [0.4, 0.5) is 5.69 Å². The summed E-state index contributed by atoms with van der Waals surface area (Å²) >= 11 is 6.06. The normalized spacial score (nSPS) is 10.6. The molecule has 2 N–H and O–H groups in total. The van der Waals surface area contributed by atoms with Crippen molar-refractivity contribution in [3.8, 4) is 0 Å². The third-order valence-electron chi connectivity index (χ3n) is 3.56. The van der Waals surface area contributed by atoms with E-state index in [0.29, 0.717) is 22.8 Å². The van der Waals surface area contributed by atoms with E-state index in [0.717, 1.165) is 18.4 Å². The molecule has 0 aromatic heterocycles. The van der Waals surface area contributed by atoms with Gasteiger partial charge in [0.1, 0.15) is 0 Å². The number of nitrogens with one attached hydrogen (secondary N) is 2. The minimum absolute atomic E-state index is 0.195. The van der Waals surface area contributed by atoms with Crippen LogP contribution in [0, 0.1) is 0 Å². The summed E-state index contributed by atoms with van der Waals surface area (Å²) in [7, 11) is 0. The molecule has 0 bridgehead atoms. The van der Waals surface area contributed by atoms with Crippen LogP contribution in [-0.2, 0) is 4.79 Å². The first-order valence-electron chi connectivity index (χ1n) is 8.22. The van der Waals surface area contributed by atoms with Gasteiger partial charge in [-0.2, -0.15) is 0 Å². The first kappa shape index (κ1) is 18.7. The summed E-state index contributed by atoms with van der Waals surface area (Å²) < 4.78 is 0. The fraction of sp³-hybridized carbons (Fsp3) is 0.200. The number of anilines is 1. The lowest BCUT2D eigenvalue weighted by Crippen LogP contribution is -2.25. The smallest absolute Gasteiger partial charge is 0.253 e. The average molecular weight is 357 g/mol. The Hall–Kier alpha value is -2.59. The Balaban J connectivity index is 2.06. The molecular weight excluding hydrogens is 336 g/mol. The summed E-state index contributed by atoms with van der Waals surface area (Å²) in [5.41, 5.74) is 1.67. The molecule has 0 spiro atoms. The van der Waals surface area contributed by atoms with Gasteiger partial charge in [-0.1, -0.05) is 55.3 Å². The van der Waals surface area contributed by atoms with Gasteiger partial charge in [0.05, 0.1) is 11.3 Å². The monoisotopic (exact) mass is 356 g/mol. The molecule has 0 saturated carbocycles. The van der Waals surface area contributed by atoms with Crippen LogP contribution in [0.15, 0.2) is 54.6 Å².